The molecule has 19 heavy (non-hydrogen) atoms. The van der Waals surface area contributed by atoms with Crippen LogP contribution < -0.4 is 5.32 Å². The zero-order chi connectivity index (χ0) is 13.2. The fourth-order valence-corrected chi connectivity index (χ4v) is 2.55. The molecule has 0 atom stereocenters. The Hall–Kier alpha value is -1.97. The molecule has 3 nitrogen and oxygen atoms in total. The summed E-state index contributed by atoms with van der Waals surface area (Å²) < 4.78 is 12.9. The molecule has 1 N–H and O–H groups in total. The highest BCUT2D eigenvalue weighted by atomic mass is 19.1. The third-order valence-electron chi connectivity index (χ3n) is 3.49. The van der Waals surface area contributed by atoms with E-state index in [1.54, 1.807) is 12.1 Å². The highest BCUT2D eigenvalue weighted by Crippen LogP contribution is 2.26. The summed E-state index contributed by atoms with van der Waals surface area (Å²) in [7, 11) is 1.89. The predicted octanol–water partition coefficient (Wildman–Crippen LogP) is 2.74. The molecule has 1 heterocycles. The van der Waals surface area contributed by atoms with Gasteiger partial charge in [-0.3, -0.25) is 0 Å². The zero-order valence-electron chi connectivity index (χ0n) is 10.9. The minimum Gasteiger partial charge on any atom is -0.373 e. The minimum atomic E-state index is -0.213. The molecule has 0 saturated carbocycles. The van der Waals surface area contributed by atoms with Gasteiger partial charge in [-0.1, -0.05) is 12.1 Å². The monoisotopic (exact) mass is 257 g/mol. The Bertz CT molecular complexity index is 593. The third-order valence-corrected chi connectivity index (χ3v) is 3.49. The van der Waals surface area contributed by atoms with Crippen molar-refractivity contribution in [3.8, 4) is 0 Å². The first-order valence-corrected chi connectivity index (χ1v) is 6.57. The van der Waals surface area contributed by atoms with Crippen LogP contribution in [0.1, 0.15) is 29.1 Å². The summed E-state index contributed by atoms with van der Waals surface area (Å²) in [4.78, 5) is 9.20. The van der Waals surface area contributed by atoms with Crippen LogP contribution in [0.25, 0.3) is 0 Å². The van der Waals surface area contributed by atoms with E-state index in [-0.39, 0.29) is 5.82 Å². The lowest BCUT2D eigenvalue weighted by molar-refractivity contribution is 0.627. The van der Waals surface area contributed by atoms with Gasteiger partial charge in [0.2, 0.25) is 0 Å². The van der Waals surface area contributed by atoms with Crippen molar-refractivity contribution >= 4 is 5.82 Å². The lowest BCUT2D eigenvalue weighted by atomic mass is 10.1. The van der Waals surface area contributed by atoms with E-state index in [9.17, 15) is 4.39 Å². The van der Waals surface area contributed by atoms with Gasteiger partial charge in [-0.15, -0.1) is 0 Å². The summed E-state index contributed by atoms with van der Waals surface area (Å²) >= 11 is 0. The number of aryl methyl sites for hydroxylation is 1. The van der Waals surface area contributed by atoms with Gasteiger partial charge in [-0.2, -0.15) is 0 Å². The van der Waals surface area contributed by atoms with Gasteiger partial charge in [-0.05, 0) is 37.0 Å². The first-order chi connectivity index (χ1) is 9.26. The molecule has 4 heteroatoms. The van der Waals surface area contributed by atoms with E-state index >= 15 is 0 Å². The van der Waals surface area contributed by atoms with E-state index < -0.39 is 0 Å². The molecule has 0 spiro atoms. The molecule has 0 aliphatic heterocycles. The maximum atomic E-state index is 12.9. The van der Waals surface area contributed by atoms with E-state index in [0.29, 0.717) is 6.42 Å². The Morgan fingerprint density at radius 3 is 2.68 bits per heavy atom. The first-order valence-electron chi connectivity index (χ1n) is 6.57. The van der Waals surface area contributed by atoms with Crippen LogP contribution in [-0.4, -0.2) is 17.0 Å². The number of halogens is 1. The Kier molecular flexibility index (Phi) is 3.15. The number of hydrogen-bond acceptors (Lipinski definition) is 3. The smallest absolute Gasteiger partial charge is 0.135 e. The van der Waals surface area contributed by atoms with Crippen molar-refractivity contribution in [3.05, 3.63) is 52.7 Å². The quantitative estimate of drug-likeness (QED) is 0.918. The lowest BCUT2D eigenvalue weighted by Crippen LogP contribution is -2.06. The number of rotatable bonds is 3. The van der Waals surface area contributed by atoms with Crippen molar-refractivity contribution in [2.75, 3.05) is 12.4 Å². The fourth-order valence-electron chi connectivity index (χ4n) is 2.55. The average molecular weight is 257 g/mol. The second-order valence-electron chi connectivity index (χ2n) is 4.82. The van der Waals surface area contributed by atoms with Gasteiger partial charge in [0.1, 0.15) is 17.5 Å². The van der Waals surface area contributed by atoms with Gasteiger partial charge in [0.15, 0.2) is 0 Å². The Morgan fingerprint density at radius 2 is 1.95 bits per heavy atom. The largest absolute Gasteiger partial charge is 0.373 e. The normalized spacial score (nSPS) is 13.4. The van der Waals surface area contributed by atoms with Crippen LogP contribution in [0.3, 0.4) is 0 Å². The summed E-state index contributed by atoms with van der Waals surface area (Å²) in [6.07, 6.45) is 3.88. The van der Waals surface area contributed by atoms with E-state index in [2.05, 4.69) is 15.3 Å². The maximum Gasteiger partial charge on any atom is 0.135 e. The summed E-state index contributed by atoms with van der Waals surface area (Å²) in [5.74, 6) is 1.53. The van der Waals surface area contributed by atoms with E-state index in [4.69, 9.17) is 0 Å². The predicted molar refractivity (Wildman–Crippen MR) is 72.8 cm³/mol. The molecule has 3 rings (SSSR count). The van der Waals surface area contributed by atoms with Crippen LogP contribution >= 0.6 is 0 Å². The average Bonchev–Trinajstić information content (AvgIpc) is 2.89. The Morgan fingerprint density at radius 1 is 1.16 bits per heavy atom. The van der Waals surface area contributed by atoms with Gasteiger partial charge in [-0.25, -0.2) is 14.4 Å². The van der Waals surface area contributed by atoms with Gasteiger partial charge < -0.3 is 5.32 Å². The van der Waals surface area contributed by atoms with Crippen molar-refractivity contribution in [1.82, 2.24) is 9.97 Å². The molecular formula is C15H16FN3. The highest BCUT2D eigenvalue weighted by molar-refractivity contribution is 5.48. The number of fused-ring (bicyclic) bond motifs is 1. The summed E-state index contributed by atoms with van der Waals surface area (Å²) in [6, 6.07) is 6.51. The number of nitrogens with one attached hydrogen (secondary N) is 1. The molecule has 1 aromatic carbocycles. The van der Waals surface area contributed by atoms with Gasteiger partial charge in [0.25, 0.3) is 0 Å². The van der Waals surface area contributed by atoms with Gasteiger partial charge in [0, 0.05) is 24.7 Å². The number of anilines is 1. The Labute approximate surface area is 111 Å². The number of hydrogen-bond donors (Lipinski definition) is 1. The van der Waals surface area contributed by atoms with E-state index in [1.807, 2.05) is 7.05 Å². The zero-order valence-corrected chi connectivity index (χ0v) is 10.9. The number of nitrogens with zero attached hydrogens (tertiary/aromatic N) is 2. The molecule has 0 unspecified atom stereocenters. The molecule has 0 amide bonds. The maximum absolute atomic E-state index is 12.9. The summed E-state index contributed by atoms with van der Waals surface area (Å²) in [6.45, 7) is 0. The van der Waals surface area contributed by atoms with Crippen LogP contribution in [0.5, 0.6) is 0 Å². The fraction of sp³-hybridized carbons (Fsp3) is 0.333. The van der Waals surface area contributed by atoms with Crippen LogP contribution in [0, 0.1) is 5.82 Å². The minimum absolute atomic E-state index is 0.213. The topological polar surface area (TPSA) is 37.8 Å². The third kappa shape index (κ3) is 2.43. The molecule has 0 radical (unpaired) electrons. The molecule has 1 aliphatic rings. The molecule has 0 bridgehead atoms. The molecule has 0 fully saturated rings. The van der Waals surface area contributed by atoms with Crippen molar-refractivity contribution in [1.29, 1.82) is 0 Å². The highest BCUT2D eigenvalue weighted by Gasteiger charge is 2.18. The van der Waals surface area contributed by atoms with Crippen LogP contribution in [0.15, 0.2) is 24.3 Å². The molecule has 2 aromatic rings. The van der Waals surface area contributed by atoms with E-state index in [0.717, 1.165) is 42.2 Å². The second-order valence-corrected chi connectivity index (χ2v) is 4.82. The van der Waals surface area contributed by atoms with Gasteiger partial charge in [0.05, 0.1) is 0 Å². The van der Waals surface area contributed by atoms with Crippen molar-refractivity contribution in [2.24, 2.45) is 0 Å². The van der Waals surface area contributed by atoms with Crippen molar-refractivity contribution in [3.63, 3.8) is 0 Å². The van der Waals surface area contributed by atoms with Gasteiger partial charge >= 0.3 is 0 Å². The Balaban J connectivity index is 1.91. The standard InChI is InChI=1S/C15H16FN3/c1-17-15-12-3-2-4-13(12)18-14(19-15)9-10-5-7-11(16)8-6-10/h5-8H,2-4,9H2,1H3,(H,17,18,19). The SMILES string of the molecule is CNc1nc(Cc2ccc(F)cc2)nc2c1CCC2. The number of aromatic nitrogens is 2. The number of benzene rings is 1. The molecular weight excluding hydrogens is 241 g/mol. The van der Waals surface area contributed by atoms with Crippen LogP contribution in [0.2, 0.25) is 0 Å². The summed E-state index contributed by atoms with van der Waals surface area (Å²) in [5.41, 5.74) is 3.45. The lowest BCUT2D eigenvalue weighted by Gasteiger charge is -2.09. The van der Waals surface area contributed by atoms with Crippen LogP contribution in [-0.2, 0) is 19.3 Å². The molecule has 1 aromatic heterocycles. The molecule has 98 valence electrons. The van der Waals surface area contributed by atoms with Crippen LogP contribution in [0.4, 0.5) is 10.2 Å². The first kappa shape index (κ1) is 12.1. The van der Waals surface area contributed by atoms with E-state index in [1.165, 1.54) is 17.7 Å². The second kappa shape index (κ2) is 4.96. The molecule has 1 aliphatic carbocycles. The van der Waals surface area contributed by atoms with Crippen molar-refractivity contribution < 1.29 is 4.39 Å². The van der Waals surface area contributed by atoms with Crippen molar-refractivity contribution in [2.45, 2.75) is 25.7 Å². The molecule has 0 saturated heterocycles. The summed E-state index contributed by atoms with van der Waals surface area (Å²) in [5, 5.41) is 3.15.